The van der Waals surface area contributed by atoms with Crippen LogP contribution < -0.4 is 14.8 Å². The highest BCUT2D eigenvalue weighted by Crippen LogP contribution is 2.28. The Kier molecular flexibility index (Phi) is 6.06. The smallest absolute Gasteiger partial charge is 0.161 e. The van der Waals surface area contributed by atoms with Gasteiger partial charge < -0.3 is 19.5 Å². The molecule has 7 nitrogen and oxygen atoms in total. The molecule has 4 rings (SSSR count). The van der Waals surface area contributed by atoms with Crippen molar-refractivity contribution >= 4 is 11.5 Å². The number of aromatic nitrogens is 2. The van der Waals surface area contributed by atoms with Crippen molar-refractivity contribution in [3.05, 3.63) is 60.3 Å². The Morgan fingerprint density at radius 2 is 1.90 bits per heavy atom. The molecule has 1 saturated heterocycles. The maximum Gasteiger partial charge on any atom is 0.161 e. The Bertz CT molecular complexity index is 1040. The second-order valence-electron chi connectivity index (χ2n) is 6.87. The number of methoxy groups -OCH3 is 1. The van der Waals surface area contributed by atoms with Crippen LogP contribution >= 0.6 is 0 Å². The summed E-state index contributed by atoms with van der Waals surface area (Å²) in [7, 11) is 1.63. The number of nitrogens with zero attached hydrogens (tertiary/aromatic N) is 3. The van der Waals surface area contributed by atoms with Crippen LogP contribution in [-0.2, 0) is 4.74 Å². The molecule has 3 aromatic rings. The summed E-state index contributed by atoms with van der Waals surface area (Å²) < 4.78 is 16.6. The molecule has 152 valence electrons. The van der Waals surface area contributed by atoms with Crippen molar-refractivity contribution in [1.29, 1.82) is 5.26 Å². The van der Waals surface area contributed by atoms with E-state index in [4.69, 9.17) is 14.2 Å². The first-order chi connectivity index (χ1) is 14.7. The molecule has 2 aromatic carbocycles. The number of hydrogen-bond acceptors (Lipinski definition) is 7. The molecule has 2 heterocycles. The summed E-state index contributed by atoms with van der Waals surface area (Å²) in [5.74, 6) is 2.56. The predicted molar refractivity (Wildman–Crippen MR) is 113 cm³/mol. The van der Waals surface area contributed by atoms with Crippen LogP contribution in [0.3, 0.4) is 0 Å². The zero-order valence-corrected chi connectivity index (χ0v) is 16.7. The zero-order chi connectivity index (χ0) is 20.8. The molecule has 1 aliphatic heterocycles. The fourth-order valence-corrected chi connectivity index (χ4v) is 3.22. The summed E-state index contributed by atoms with van der Waals surface area (Å²) in [6, 6.07) is 17.1. The number of benzene rings is 2. The minimum absolute atomic E-state index is 0.0741. The lowest BCUT2D eigenvalue weighted by Gasteiger charge is -2.23. The SMILES string of the molecule is COc1ccc(Nc2ccnc(-c3ccc(OC4CCOCC4)c(C#N)c3)n2)cc1. The lowest BCUT2D eigenvalue weighted by atomic mass is 10.1. The Hall–Kier alpha value is -3.63. The zero-order valence-electron chi connectivity index (χ0n) is 16.7. The average molecular weight is 402 g/mol. The van der Waals surface area contributed by atoms with Gasteiger partial charge in [0, 0.05) is 30.3 Å². The Morgan fingerprint density at radius 3 is 2.63 bits per heavy atom. The molecule has 1 aromatic heterocycles. The average Bonchev–Trinajstić information content (AvgIpc) is 2.81. The van der Waals surface area contributed by atoms with E-state index in [1.807, 2.05) is 36.4 Å². The van der Waals surface area contributed by atoms with E-state index in [0.717, 1.165) is 29.8 Å². The second-order valence-corrected chi connectivity index (χ2v) is 6.87. The maximum absolute atomic E-state index is 9.59. The Labute approximate surface area is 175 Å². The first-order valence-corrected chi connectivity index (χ1v) is 9.78. The molecule has 0 aliphatic carbocycles. The van der Waals surface area contributed by atoms with E-state index in [-0.39, 0.29) is 6.10 Å². The summed E-state index contributed by atoms with van der Waals surface area (Å²) in [5.41, 5.74) is 2.11. The van der Waals surface area contributed by atoms with Gasteiger partial charge in [-0.2, -0.15) is 5.26 Å². The van der Waals surface area contributed by atoms with Gasteiger partial charge in [-0.1, -0.05) is 0 Å². The van der Waals surface area contributed by atoms with Crippen molar-refractivity contribution < 1.29 is 14.2 Å². The van der Waals surface area contributed by atoms with Gasteiger partial charge in [0.15, 0.2) is 5.82 Å². The van der Waals surface area contributed by atoms with E-state index in [0.29, 0.717) is 36.2 Å². The highest BCUT2D eigenvalue weighted by molar-refractivity contribution is 5.64. The van der Waals surface area contributed by atoms with Crippen LogP contribution in [0.5, 0.6) is 11.5 Å². The highest BCUT2D eigenvalue weighted by Gasteiger charge is 2.17. The molecule has 1 aliphatic rings. The molecular weight excluding hydrogens is 380 g/mol. The van der Waals surface area contributed by atoms with Gasteiger partial charge in [0.1, 0.15) is 29.5 Å². The molecule has 0 saturated carbocycles. The number of anilines is 2. The number of hydrogen-bond donors (Lipinski definition) is 1. The van der Waals surface area contributed by atoms with Crippen LogP contribution in [0, 0.1) is 11.3 Å². The van der Waals surface area contributed by atoms with Gasteiger partial charge in [-0.3, -0.25) is 0 Å². The molecule has 0 bridgehead atoms. The molecule has 0 amide bonds. The van der Waals surface area contributed by atoms with Gasteiger partial charge in [0.2, 0.25) is 0 Å². The number of nitriles is 1. The predicted octanol–water partition coefficient (Wildman–Crippen LogP) is 4.33. The van der Waals surface area contributed by atoms with Crippen molar-refractivity contribution in [2.45, 2.75) is 18.9 Å². The van der Waals surface area contributed by atoms with Crippen molar-refractivity contribution in [3.63, 3.8) is 0 Å². The fourth-order valence-electron chi connectivity index (χ4n) is 3.22. The molecule has 1 fully saturated rings. The third-order valence-electron chi connectivity index (χ3n) is 4.84. The number of nitrogens with one attached hydrogen (secondary N) is 1. The third-order valence-corrected chi connectivity index (χ3v) is 4.84. The monoisotopic (exact) mass is 402 g/mol. The molecule has 0 atom stereocenters. The quantitative estimate of drug-likeness (QED) is 0.656. The van der Waals surface area contributed by atoms with E-state index >= 15 is 0 Å². The van der Waals surface area contributed by atoms with E-state index in [2.05, 4.69) is 21.4 Å². The largest absolute Gasteiger partial charge is 0.497 e. The molecule has 0 spiro atoms. The van der Waals surface area contributed by atoms with Gasteiger partial charge in [0.05, 0.1) is 25.9 Å². The van der Waals surface area contributed by atoms with Crippen molar-refractivity contribution in [1.82, 2.24) is 9.97 Å². The van der Waals surface area contributed by atoms with Gasteiger partial charge in [-0.25, -0.2) is 9.97 Å². The van der Waals surface area contributed by atoms with E-state index in [1.54, 1.807) is 25.4 Å². The molecular formula is C23H22N4O3. The highest BCUT2D eigenvalue weighted by atomic mass is 16.5. The lowest BCUT2D eigenvalue weighted by molar-refractivity contribution is 0.0254. The van der Waals surface area contributed by atoms with Gasteiger partial charge in [-0.05, 0) is 48.5 Å². The summed E-state index contributed by atoms with van der Waals surface area (Å²) in [6.45, 7) is 1.37. The summed E-state index contributed by atoms with van der Waals surface area (Å²) in [6.07, 6.45) is 3.42. The topological polar surface area (TPSA) is 89.3 Å². The summed E-state index contributed by atoms with van der Waals surface area (Å²) in [4.78, 5) is 8.94. The first-order valence-electron chi connectivity index (χ1n) is 9.78. The second kappa shape index (κ2) is 9.25. The molecule has 1 N–H and O–H groups in total. The van der Waals surface area contributed by atoms with Gasteiger partial charge >= 0.3 is 0 Å². The minimum Gasteiger partial charge on any atom is -0.497 e. The van der Waals surface area contributed by atoms with Crippen molar-refractivity contribution in [2.75, 3.05) is 25.6 Å². The van der Waals surface area contributed by atoms with Gasteiger partial charge in [0.25, 0.3) is 0 Å². The van der Waals surface area contributed by atoms with Crippen LogP contribution in [0.15, 0.2) is 54.7 Å². The Morgan fingerprint density at radius 1 is 1.10 bits per heavy atom. The maximum atomic E-state index is 9.59. The van der Waals surface area contributed by atoms with Crippen LogP contribution in [0.1, 0.15) is 18.4 Å². The van der Waals surface area contributed by atoms with Crippen LogP contribution in [0.4, 0.5) is 11.5 Å². The van der Waals surface area contributed by atoms with E-state index in [9.17, 15) is 5.26 Å². The van der Waals surface area contributed by atoms with Crippen molar-refractivity contribution in [2.24, 2.45) is 0 Å². The minimum atomic E-state index is 0.0741. The standard InChI is InChI=1S/C23H22N4O3/c1-28-19-5-3-18(4-6-19)26-22-8-11-25-23(27-22)16-2-7-21(17(14-16)15-24)30-20-9-12-29-13-10-20/h2-8,11,14,20H,9-10,12-13H2,1H3,(H,25,26,27). The summed E-state index contributed by atoms with van der Waals surface area (Å²) >= 11 is 0. The van der Waals surface area contributed by atoms with E-state index in [1.165, 1.54) is 0 Å². The first kappa shape index (κ1) is 19.7. The van der Waals surface area contributed by atoms with Crippen LogP contribution in [-0.4, -0.2) is 36.4 Å². The van der Waals surface area contributed by atoms with Crippen LogP contribution in [0.2, 0.25) is 0 Å². The molecule has 0 unspecified atom stereocenters. The van der Waals surface area contributed by atoms with Gasteiger partial charge in [-0.15, -0.1) is 0 Å². The van der Waals surface area contributed by atoms with E-state index < -0.39 is 0 Å². The van der Waals surface area contributed by atoms with Crippen molar-refractivity contribution in [3.8, 4) is 29.0 Å². The normalized spacial score (nSPS) is 14.0. The molecule has 0 radical (unpaired) electrons. The third kappa shape index (κ3) is 4.67. The number of rotatable bonds is 6. The number of ether oxygens (including phenoxy) is 3. The molecule has 30 heavy (non-hydrogen) atoms. The lowest BCUT2D eigenvalue weighted by Crippen LogP contribution is -2.26. The summed E-state index contributed by atoms with van der Waals surface area (Å²) in [5, 5.41) is 12.8. The van der Waals surface area contributed by atoms with Crippen LogP contribution in [0.25, 0.3) is 11.4 Å². The molecule has 7 heteroatoms. The Balaban J connectivity index is 1.53. The fraction of sp³-hybridized carbons (Fsp3) is 0.261.